The highest BCUT2D eigenvalue weighted by atomic mass is 15.0. The van der Waals surface area contributed by atoms with E-state index >= 15 is 0 Å². The van der Waals surface area contributed by atoms with Crippen molar-refractivity contribution < 1.29 is 0 Å². The van der Waals surface area contributed by atoms with Gasteiger partial charge in [0.2, 0.25) is 0 Å². The van der Waals surface area contributed by atoms with E-state index in [2.05, 4.69) is 234 Å². The van der Waals surface area contributed by atoms with Crippen LogP contribution in [0.4, 0.5) is 5.69 Å². The number of hydrogen-bond acceptors (Lipinski definition) is 4. The van der Waals surface area contributed by atoms with Crippen LogP contribution in [0.1, 0.15) is 194 Å². The van der Waals surface area contributed by atoms with E-state index in [0.29, 0.717) is 61.2 Å². The summed E-state index contributed by atoms with van der Waals surface area (Å²) in [5.41, 5.74) is 13.0. The molecule has 78 heavy (non-hydrogen) atoms. The van der Waals surface area contributed by atoms with Crippen LogP contribution in [0.3, 0.4) is 0 Å². The fourth-order valence-corrected chi connectivity index (χ4v) is 5.39. The van der Waals surface area contributed by atoms with Crippen molar-refractivity contribution in [1.82, 2.24) is 15.0 Å². The van der Waals surface area contributed by atoms with Gasteiger partial charge in [0.1, 0.15) is 0 Å². The average Bonchev–Trinajstić information content (AvgIpc) is 3.31. The summed E-state index contributed by atoms with van der Waals surface area (Å²) >= 11 is 0. The van der Waals surface area contributed by atoms with Crippen molar-refractivity contribution >= 4 is 5.69 Å². The zero-order valence-corrected chi connectivity index (χ0v) is 53.2. The predicted octanol–water partition coefficient (Wildman–Crippen LogP) is 22.5. The lowest BCUT2D eigenvalue weighted by Crippen LogP contribution is -2.06. The van der Waals surface area contributed by atoms with Crippen molar-refractivity contribution in [2.75, 3.05) is 0 Å². The van der Waals surface area contributed by atoms with Crippen molar-refractivity contribution in [2.45, 2.75) is 179 Å². The first-order valence-electron chi connectivity index (χ1n) is 27.6. The number of rotatable bonds is 3. The Morgan fingerprint density at radius 2 is 0.551 bits per heavy atom. The second-order valence-electron chi connectivity index (χ2n) is 29.1. The molecule has 0 N–H and O–H groups in total. The van der Waals surface area contributed by atoms with E-state index in [1.54, 1.807) is 24.3 Å². The van der Waals surface area contributed by atoms with Crippen LogP contribution >= 0.6 is 0 Å². The number of nitrogens with zero attached hydrogens (tertiary/aromatic N) is 5. The first-order valence-corrected chi connectivity index (χ1v) is 27.6. The van der Waals surface area contributed by atoms with Gasteiger partial charge in [0.05, 0.1) is 12.6 Å². The van der Waals surface area contributed by atoms with Crippen LogP contribution < -0.4 is 0 Å². The minimum absolute atomic E-state index is 0.500. The van der Waals surface area contributed by atoms with Crippen LogP contribution in [0.2, 0.25) is 0 Å². The minimum atomic E-state index is 0.500. The predicted molar refractivity (Wildman–Crippen MR) is 343 cm³/mol. The van der Waals surface area contributed by atoms with E-state index in [9.17, 15) is 0 Å². The first-order chi connectivity index (χ1) is 35.7. The monoisotopic (exact) mass is 1050 g/mol. The largest absolute Gasteiger partial charge is 0.238 e. The van der Waals surface area contributed by atoms with Crippen molar-refractivity contribution in [3.63, 3.8) is 0 Å². The minimum Gasteiger partial charge on any atom is -0.238 e. The smallest absolute Gasteiger partial charge is 0.188 e. The second-order valence-corrected chi connectivity index (χ2v) is 29.1. The quantitative estimate of drug-likeness (QED) is 0.165. The Balaban J connectivity index is 0.000000944. The molecule has 0 aliphatic heterocycles. The number of benzene rings is 6. The van der Waals surface area contributed by atoms with Crippen LogP contribution in [-0.4, -0.2) is 15.0 Å². The average molecular weight is 1050 g/mol. The molecule has 0 amide bonds. The van der Waals surface area contributed by atoms with Crippen molar-refractivity contribution in [1.29, 1.82) is 5.26 Å². The molecule has 1 aromatic heterocycles. The van der Waals surface area contributed by atoms with E-state index in [4.69, 9.17) is 11.8 Å². The molecule has 1 aliphatic rings. The van der Waals surface area contributed by atoms with Crippen molar-refractivity contribution in [3.8, 4) is 40.2 Å². The van der Waals surface area contributed by atoms with E-state index in [0.717, 1.165) is 29.5 Å². The van der Waals surface area contributed by atoms with E-state index in [-0.39, 0.29) is 0 Å². The Morgan fingerprint density at radius 3 is 0.756 bits per heavy atom. The Bertz CT molecular complexity index is 2400. The number of hydrogen-bond donors (Lipinski definition) is 0. The summed E-state index contributed by atoms with van der Waals surface area (Å²) < 4.78 is 0. The first kappa shape index (κ1) is 71.3. The van der Waals surface area contributed by atoms with Gasteiger partial charge in [-0.05, 0) is 79.7 Å². The van der Waals surface area contributed by atoms with E-state index < -0.39 is 0 Å². The highest BCUT2D eigenvalue weighted by Gasteiger charge is 2.14. The van der Waals surface area contributed by atoms with E-state index in [1.807, 2.05) is 97.1 Å². The Kier molecular flexibility index (Phi) is 31.3. The summed E-state index contributed by atoms with van der Waals surface area (Å²) in [6.07, 6.45) is 2.21. The molecule has 0 bridgehead atoms. The van der Waals surface area contributed by atoms with Crippen LogP contribution in [0.25, 0.3) is 39.0 Å². The third-order valence-corrected chi connectivity index (χ3v) is 7.83. The van der Waals surface area contributed by atoms with Gasteiger partial charge in [-0.25, -0.2) is 19.8 Å². The highest BCUT2D eigenvalue weighted by molar-refractivity contribution is 5.66. The molecule has 0 atom stereocenters. The lowest BCUT2D eigenvalue weighted by Gasteiger charge is -2.18. The molecule has 0 spiro atoms. The summed E-state index contributed by atoms with van der Waals surface area (Å²) in [5.74, 6) is 2.05. The normalized spacial score (nSPS) is 11.2. The summed E-state index contributed by atoms with van der Waals surface area (Å²) in [7, 11) is 0. The fourth-order valence-electron chi connectivity index (χ4n) is 5.39. The molecule has 420 valence electrons. The SMILES string of the molecule is CC(C)(C)C.CC(C)(C)C.CC(C)(C)C.CC(C)(C)C.CC(C)(C)C.CC(C)(C)C.[C-]#[N+]c1cccc(C#N)c1.c1ccc(-c2nc(-c3ccccc3)nc(-c3ccccc3)n2)cc1.c1ccc2c(c1)Cc1ccccc1C2. The molecular weight excluding hydrogens is 947 g/mol. The maximum atomic E-state index is 8.40. The Hall–Kier alpha value is -6.69. The number of aromatic nitrogens is 3. The van der Waals surface area contributed by atoms with Crippen LogP contribution in [0, 0.1) is 50.4 Å². The summed E-state index contributed by atoms with van der Waals surface area (Å²) in [4.78, 5) is 17.2. The standard InChI is InChI=1S/C21H15N3.C14H12.C8H4N2.6C5H12/c1-4-10-16(11-5-1)19-22-20(17-12-6-2-7-13-17)24-21(23-19)18-14-8-3-9-15-18;1-2-6-12-10-14-8-4-3-7-13(14)9-11(12)5-1;1-10-8-4-2-3-7(5-8)6-9;6*1-5(2,3)4/h1-15H;1-8H,9-10H2;2-5H;6*1-4H3. The summed E-state index contributed by atoms with van der Waals surface area (Å²) in [6.45, 7) is 59.1. The molecule has 5 heteroatoms. The molecule has 1 aliphatic carbocycles. The number of fused-ring (bicyclic) bond motifs is 2. The van der Waals surface area contributed by atoms with Crippen LogP contribution in [0.15, 0.2) is 164 Å². The zero-order chi connectivity index (χ0) is 60.0. The van der Waals surface area contributed by atoms with Gasteiger partial charge in [-0.1, -0.05) is 318 Å². The molecule has 0 fully saturated rings. The molecule has 0 unspecified atom stereocenters. The molecule has 7 aromatic rings. The van der Waals surface area contributed by atoms with E-state index in [1.165, 1.54) is 22.3 Å². The molecule has 0 saturated heterocycles. The molecule has 6 aromatic carbocycles. The topological polar surface area (TPSA) is 66.8 Å². The van der Waals surface area contributed by atoms with Gasteiger partial charge in [-0.15, -0.1) is 0 Å². The Morgan fingerprint density at radius 1 is 0.333 bits per heavy atom. The second kappa shape index (κ2) is 34.2. The molecule has 5 nitrogen and oxygen atoms in total. The van der Waals surface area contributed by atoms with Gasteiger partial charge in [-0.3, -0.25) is 0 Å². The lowest BCUT2D eigenvalue weighted by molar-refractivity contribution is 0.469. The zero-order valence-electron chi connectivity index (χ0n) is 53.2. The van der Waals surface area contributed by atoms with Gasteiger partial charge in [0.15, 0.2) is 23.2 Å². The molecule has 8 rings (SSSR count). The summed E-state index contributed by atoms with van der Waals surface area (Å²) in [6, 6.07) is 56.0. The van der Waals surface area contributed by atoms with Gasteiger partial charge < -0.3 is 0 Å². The molecule has 0 radical (unpaired) electrons. The lowest BCUT2D eigenvalue weighted by atomic mass is 9.86. The van der Waals surface area contributed by atoms with Crippen LogP contribution in [0.5, 0.6) is 0 Å². The number of nitriles is 1. The maximum Gasteiger partial charge on any atom is 0.188 e. The van der Waals surface area contributed by atoms with Gasteiger partial charge >= 0.3 is 0 Å². The summed E-state index contributed by atoms with van der Waals surface area (Å²) in [5, 5.41) is 8.40. The molecular formula is C73H103N5. The third-order valence-electron chi connectivity index (χ3n) is 7.83. The van der Waals surface area contributed by atoms with Gasteiger partial charge in [0.25, 0.3) is 0 Å². The molecule has 1 heterocycles. The third kappa shape index (κ3) is 44.4. The van der Waals surface area contributed by atoms with Crippen molar-refractivity contribution in [3.05, 3.63) is 203 Å². The molecule has 0 saturated carbocycles. The van der Waals surface area contributed by atoms with Crippen molar-refractivity contribution in [2.24, 2.45) is 32.5 Å². The highest BCUT2D eigenvalue weighted by Crippen LogP contribution is 2.27. The maximum absolute atomic E-state index is 8.40. The van der Waals surface area contributed by atoms with Gasteiger partial charge in [-0.2, -0.15) is 5.26 Å². The van der Waals surface area contributed by atoms with Gasteiger partial charge in [0, 0.05) is 22.3 Å². The Labute approximate surface area is 478 Å². The fraction of sp³-hybridized carbons (Fsp3) is 0.438. The van der Waals surface area contributed by atoms with Crippen LogP contribution in [-0.2, 0) is 12.8 Å².